The summed E-state index contributed by atoms with van der Waals surface area (Å²) < 4.78 is 28.2. The van der Waals surface area contributed by atoms with Gasteiger partial charge in [0, 0.05) is 19.3 Å². The monoisotopic (exact) mass is 969 g/mol. The highest BCUT2D eigenvalue weighted by molar-refractivity contribution is 5.74. The molecule has 0 saturated carbocycles. The number of aliphatic hydroxyl groups excluding tert-OH is 2. The highest BCUT2D eigenvalue weighted by Gasteiger charge is 2.50. The van der Waals surface area contributed by atoms with E-state index in [1.54, 1.807) is 0 Å². The van der Waals surface area contributed by atoms with Crippen molar-refractivity contribution in [3.8, 4) is 0 Å². The number of carbonyl (C=O) groups is 4. The zero-order valence-corrected chi connectivity index (χ0v) is 42.8. The highest BCUT2D eigenvalue weighted by atomic mass is 16.7. The maximum absolute atomic E-state index is 13.0. The largest absolute Gasteiger partial charge is 0.479 e. The minimum absolute atomic E-state index is 0.0269. The van der Waals surface area contributed by atoms with Gasteiger partial charge < -0.3 is 39.0 Å². The lowest BCUT2D eigenvalue weighted by molar-refractivity contribution is -0.301. The van der Waals surface area contributed by atoms with E-state index >= 15 is 0 Å². The molecule has 0 aromatic carbocycles. The number of carboxylic acid groups (broad SMARTS) is 1. The van der Waals surface area contributed by atoms with Crippen LogP contribution in [0.1, 0.15) is 201 Å². The fraction of sp³-hybridized carbons (Fsp3) is 0.684. The molecule has 0 spiro atoms. The molecular formula is C57H92O12. The number of rotatable bonds is 43. The van der Waals surface area contributed by atoms with Crippen molar-refractivity contribution in [2.75, 3.05) is 13.2 Å². The van der Waals surface area contributed by atoms with Crippen LogP contribution in [0.2, 0.25) is 0 Å². The zero-order valence-electron chi connectivity index (χ0n) is 42.8. The maximum atomic E-state index is 13.0. The number of aliphatic carboxylic acids is 1. The van der Waals surface area contributed by atoms with Crippen molar-refractivity contribution >= 4 is 23.9 Å². The van der Waals surface area contributed by atoms with Crippen LogP contribution in [0.15, 0.2) is 85.1 Å². The molecule has 392 valence electrons. The molecule has 1 heterocycles. The van der Waals surface area contributed by atoms with Crippen LogP contribution < -0.4 is 0 Å². The SMILES string of the molecule is CC/C=C\C/C=C\C/C=C\C/C=C\CCCCCCC(=O)OC1C(OCC(COC(=O)CCCCC/C=C\C/C=C\C/C=C\CC)OC(=O)CCCCCCCCCCC)OC(C(=O)O)C(O)C1O. The van der Waals surface area contributed by atoms with Gasteiger partial charge in [0.15, 0.2) is 24.6 Å². The molecule has 0 aromatic rings. The summed E-state index contributed by atoms with van der Waals surface area (Å²) in [6.45, 7) is 5.67. The summed E-state index contributed by atoms with van der Waals surface area (Å²) in [4.78, 5) is 50.8. The van der Waals surface area contributed by atoms with Crippen molar-refractivity contribution in [2.24, 2.45) is 0 Å². The number of hydrogen-bond donors (Lipinski definition) is 3. The van der Waals surface area contributed by atoms with Crippen molar-refractivity contribution in [2.45, 2.75) is 237 Å². The predicted molar refractivity (Wildman–Crippen MR) is 275 cm³/mol. The van der Waals surface area contributed by atoms with E-state index < -0.39 is 67.3 Å². The number of carbonyl (C=O) groups excluding carboxylic acids is 3. The van der Waals surface area contributed by atoms with Gasteiger partial charge in [0.1, 0.15) is 18.8 Å². The van der Waals surface area contributed by atoms with Crippen molar-refractivity contribution in [3.05, 3.63) is 85.1 Å². The third-order valence-electron chi connectivity index (χ3n) is 11.5. The molecular weight excluding hydrogens is 877 g/mol. The van der Waals surface area contributed by atoms with Gasteiger partial charge in [-0.3, -0.25) is 14.4 Å². The van der Waals surface area contributed by atoms with Gasteiger partial charge in [-0.05, 0) is 89.9 Å². The Morgan fingerprint density at radius 3 is 1.41 bits per heavy atom. The van der Waals surface area contributed by atoms with Crippen LogP contribution >= 0.6 is 0 Å². The summed E-state index contributed by atoms with van der Waals surface area (Å²) in [5, 5.41) is 31.3. The molecule has 6 atom stereocenters. The Labute approximate surface area is 416 Å². The van der Waals surface area contributed by atoms with Crippen LogP contribution in [0, 0.1) is 0 Å². The quantitative estimate of drug-likeness (QED) is 0.0229. The summed E-state index contributed by atoms with van der Waals surface area (Å²) in [7, 11) is 0. The number of hydrogen-bond acceptors (Lipinski definition) is 11. The second-order valence-corrected chi connectivity index (χ2v) is 17.8. The summed E-state index contributed by atoms with van der Waals surface area (Å²) in [5.41, 5.74) is 0. The third-order valence-corrected chi connectivity index (χ3v) is 11.5. The minimum Gasteiger partial charge on any atom is -0.479 e. The lowest BCUT2D eigenvalue weighted by Gasteiger charge is -2.40. The Hall–Kier alpha value is -4.10. The maximum Gasteiger partial charge on any atom is 0.335 e. The average molecular weight is 969 g/mol. The minimum atomic E-state index is -1.92. The third kappa shape index (κ3) is 35.6. The van der Waals surface area contributed by atoms with Crippen molar-refractivity contribution in [3.63, 3.8) is 0 Å². The summed E-state index contributed by atoms with van der Waals surface area (Å²) in [6, 6.07) is 0. The summed E-state index contributed by atoms with van der Waals surface area (Å²) in [5.74, 6) is -3.20. The van der Waals surface area contributed by atoms with E-state index in [2.05, 4.69) is 106 Å². The zero-order chi connectivity index (χ0) is 50.4. The summed E-state index contributed by atoms with van der Waals surface area (Å²) >= 11 is 0. The molecule has 3 N–H and O–H groups in total. The molecule has 69 heavy (non-hydrogen) atoms. The number of carboxylic acids is 1. The van der Waals surface area contributed by atoms with Gasteiger partial charge in [-0.1, -0.05) is 176 Å². The fourth-order valence-electron chi connectivity index (χ4n) is 7.43. The number of ether oxygens (including phenoxy) is 5. The van der Waals surface area contributed by atoms with Gasteiger partial charge in [-0.25, -0.2) is 4.79 Å². The standard InChI is InChI=1S/C57H92O12/c1-4-7-10-13-16-19-21-23-24-25-26-28-30-33-36-39-42-45-51(60)68-55-53(62)52(61)54(56(63)64)69-57(55)66-47-48(67-50(59)44-41-38-35-31-18-15-12-9-6-3)46-65-49(58)43-40-37-34-32-29-27-22-20-17-14-11-8-5-2/h7-8,10-11,16-17,19-20,23-24,26-29,48,52-55,57,61-62H,4-6,9,12-15,18,21-22,25,30-47H2,1-3H3,(H,63,64)/b10-7-,11-8-,19-16-,20-17-,24-23-,28-26-,29-27-. The molecule has 0 bridgehead atoms. The molecule has 12 nitrogen and oxygen atoms in total. The first-order valence-electron chi connectivity index (χ1n) is 26.6. The molecule has 1 aliphatic heterocycles. The van der Waals surface area contributed by atoms with E-state index in [9.17, 15) is 34.5 Å². The van der Waals surface area contributed by atoms with Crippen molar-refractivity contribution in [1.29, 1.82) is 0 Å². The number of allylic oxidation sites excluding steroid dienone is 14. The van der Waals surface area contributed by atoms with E-state index in [0.29, 0.717) is 19.3 Å². The van der Waals surface area contributed by atoms with Gasteiger partial charge in [0.05, 0.1) is 6.61 Å². The van der Waals surface area contributed by atoms with Crippen LogP contribution in [-0.2, 0) is 42.9 Å². The molecule has 0 aromatic heterocycles. The van der Waals surface area contributed by atoms with Gasteiger partial charge >= 0.3 is 23.9 Å². The van der Waals surface area contributed by atoms with E-state index in [-0.39, 0.29) is 25.9 Å². The highest BCUT2D eigenvalue weighted by Crippen LogP contribution is 2.26. The fourth-order valence-corrected chi connectivity index (χ4v) is 7.43. The second kappa shape index (κ2) is 45.1. The molecule has 0 radical (unpaired) electrons. The molecule has 1 rings (SSSR count). The smallest absolute Gasteiger partial charge is 0.335 e. The molecule has 1 saturated heterocycles. The Kier molecular flexibility index (Phi) is 41.1. The Bertz CT molecular complexity index is 1530. The normalized spacial score (nSPS) is 19.3. The van der Waals surface area contributed by atoms with Gasteiger partial charge in [0.25, 0.3) is 0 Å². The number of esters is 3. The first kappa shape index (κ1) is 62.9. The topological polar surface area (TPSA) is 175 Å². The van der Waals surface area contributed by atoms with Crippen LogP contribution in [0.25, 0.3) is 0 Å². The van der Waals surface area contributed by atoms with E-state index in [1.165, 1.54) is 32.1 Å². The first-order chi connectivity index (χ1) is 33.6. The average Bonchev–Trinajstić information content (AvgIpc) is 3.33. The lowest BCUT2D eigenvalue weighted by atomic mass is 9.98. The first-order valence-corrected chi connectivity index (χ1v) is 26.6. The predicted octanol–water partition coefficient (Wildman–Crippen LogP) is 12.8. The van der Waals surface area contributed by atoms with Gasteiger partial charge in [0.2, 0.25) is 0 Å². The van der Waals surface area contributed by atoms with Crippen molar-refractivity contribution < 1.29 is 58.2 Å². The Balaban J connectivity index is 2.73. The molecule has 12 heteroatoms. The van der Waals surface area contributed by atoms with E-state index in [0.717, 1.165) is 109 Å². The van der Waals surface area contributed by atoms with Crippen LogP contribution in [0.5, 0.6) is 0 Å². The second-order valence-electron chi connectivity index (χ2n) is 17.8. The Morgan fingerprint density at radius 1 is 0.493 bits per heavy atom. The van der Waals surface area contributed by atoms with Gasteiger partial charge in [-0.15, -0.1) is 0 Å². The van der Waals surface area contributed by atoms with Crippen LogP contribution in [0.4, 0.5) is 0 Å². The molecule has 0 amide bonds. The number of unbranched alkanes of at least 4 members (excludes halogenated alkanes) is 15. The summed E-state index contributed by atoms with van der Waals surface area (Å²) in [6.07, 6.45) is 44.4. The van der Waals surface area contributed by atoms with Gasteiger partial charge in [-0.2, -0.15) is 0 Å². The van der Waals surface area contributed by atoms with Crippen LogP contribution in [-0.4, -0.2) is 89.2 Å². The molecule has 1 fully saturated rings. The molecule has 1 aliphatic rings. The number of aliphatic hydroxyl groups is 2. The molecule has 0 aliphatic carbocycles. The molecule has 6 unspecified atom stereocenters. The lowest BCUT2D eigenvalue weighted by Crippen LogP contribution is -2.61. The van der Waals surface area contributed by atoms with E-state index in [1.807, 2.05) is 0 Å². The van der Waals surface area contributed by atoms with Crippen LogP contribution in [0.3, 0.4) is 0 Å². The Morgan fingerprint density at radius 2 is 0.913 bits per heavy atom. The van der Waals surface area contributed by atoms with Crippen molar-refractivity contribution in [1.82, 2.24) is 0 Å². The van der Waals surface area contributed by atoms with E-state index in [4.69, 9.17) is 23.7 Å².